The molecule has 1 heterocycles. The van der Waals surface area contributed by atoms with Crippen molar-refractivity contribution in [3.05, 3.63) is 52.6 Å². The van der Waals surface area contributed by atoms with Crippen LogP contribution in [0.5, 0.6) is 5.75 Å². The lowest BCUT2D eigenvalue weighted by atomic mass is 10.1. The number of rotatable bonds is 6. The molecule has 5 heteroatoms. The lowest BCUT2D eigenvalue weighted by Gasteiger charge is -2.13. The summed E-state index contributed by atoms with van der Waals surface area (Å²) in [7, 11) is 1.60. The summed E-state index contributed by atoms with van der Waals surface area (Å²) in [5, 5.41) is 10.6. The molecule has 0 fully saturated rings. The van der Waals surface area contributed by atoms with Crippen molar-refractivity contribution in [2.24, 2.45) is 0 Å². The third kappa shape index (κ3) is 3.93. The van der Waals surface area contributed by atoms with Gasteiger partial charge in [0.2, 0.25) is 0 Å². The number of benzene rings is 1. The van der Waals surface area contributed by atoms with Crippen molar-refractivity contribution in [3.63, 3.8) is 0 Å². The number of aliphatic hydroxyl groups is 1. The van der Waals surface area contributed by atoms with Crippen molar-refractivity contribution in [1.29, 1.82) is 0 Å². The summed E-state index contributed by atoms with van der Waals surface area (Å²) in [6, 6.07) is 7.14. The Morgan fingerprint density at radius 2 is 2.00 bits per heavy atom. The Morgan fingerprint density at radius 3 is 2.57 bits per heavy atom. The molecule has 0 aliphatic heterocycles. The second kappa shape index (κ2) is 7.38. The van der Waals surface area contributed by atoms with E-state index in [0.29, 0.717) is 11.3 Å². The first-order valence-corrected chi connectivity index (χ1v) is 7.36. The second-order valence-electron chi connectivity index (χ2n) is 4.82. The molecular formula is C16H19ClN2O2. The maximum atomic E-state index is 10.4. The summed E-state index contributed by atoms with van der Waals surface area (Å²) in [4.78, 5) is 8.58. The number of unbranched alkanes of at least 4 members (excludes halogenated alkanes) is 1. The molecule has 0 aliphatic carbocycles. The fraction of sp³-hybridized carbons (Fsp3) is 0.375. The van der Waals surface area contributed by atoms with Gasteiger partial charge in [-0.2, -0.15) is 0 Å². The molecule has 4 nitrogen and oxygen atoms in total. The molecule has 1 N–H and O–H groups in total. The van der Waals surface area contributed by atoms with Crippen molar-refractivity contribution in [3.8, 4) is 5.75 Å². The zero-order valence-electron chi connectivity index (χ0n) is 12.2. The highest BCUT2D eigenvalue weighted by Gasteiger charge is 2.17. The molecule has 1 aromatic carbocycles. The third-order valence-electron chi connectivity index (χ3n) is 3.28. The zero-order chi connectivity index (χ0) is 15.2. The quantitative estimate of drug-likeness (QED) is 0.886. The van der Waals surface area contributed by atoms with E-state index in [-0.39, 0.29) is 5.15 Å². The number of aryl methyl sites for hydroxylation is 1. The molecule has 0 saturated heterocycles. The molecule has 0 bridgehead atoms. The molecule has 1 atom stereocenters. The Labute approximate surface area is 129 Å². The highest BCUT2D eigenvalue weighted by Crippen LogP contribution is 2.26. The Balaban J connectivity index is 2.19. The van der Waals surface area contributed by atoms with Crippen molar-refractivity contribution in [1.82, 2.24) is 9.97 Å². The van der Waals surface area contributed by atoms with E-state index in [1.54, 1.807) is 37.6 Å². The van der Waals surface area contributed by atoms with Crippen LogP contribution in [0.3, 0.4) is 0 Å². The van der Waals surface area contributed by atoms with Crippen LogP contribution in [0.1, 0.15) is 42.8 Å². The topological polar surface area (TPSA) is 55.2 Å². The normalized spacial score (nSPS) is 12.2. The Bertz CT molecular complexity index is 587. The van der Waals surface area contributed by atoms with Gasteiger partial charge in [0.1, 0.15) is 17.5 Å². The number of halogens is 1. The van der Waals surface area contributed by atoms with E-state index < -0.39 is 6.10 Å². The maximum absolute atomic E-state index is 10.4. The summed E-state index contributed by atoms with van der Waals surface area (Å²) in [6.45, 7) is 2.12. The smallest absolute Gasteiger partial charge is 0.153 e. The Kier molecular flexibility index (Phi) is 5.53. The molecular weight excluding hydrogens is 288 g/mol. The molecule has 112 valence electrons. The summed E-state index contributed by atoms with van der Waals surface area (Å²) >= 11 is 6.15. The predicted octanol–water partition coefficient (Wildman–Crippen LogP) is 3.56. The molecule has 1 unspecified atom stereocenters. The van der Waals surface area contributed by atoms with E-state index in [1.807, 2.05) is 0 Å². The second-order valence-corrected chi connectivity index (χ2v) is 5.17. The van der Waals surface area contributed by atoms with Gasteiger partial charge in [0, 0.05) is 6.20 Å². The molecule has 2 aromatic rings. The van der Waals surface area contributed by atoms with Crippen LogP contribution in [-0.2, 0) is 6.42 Å². The van der Waals surface area contributed by atoms with Gasteiger partial charge in [0.15, 0.2) is 5.15 Å². The monoisotopic (exact) mass is 306 g/mol. The minimum absolute atomic E-state index is 0.256. The van der Waals surface area contributed by atoms with Crippen LogP contribution in [0, 0.1) is 0 Å². The van der Waals surface area contributed by atoms with E-state index in [2.05, 4.69) is 16.9 Å². The molecule has 0 aliphatic rings. The van der Waals surface area contributed by atoms with Crippen molar-refractivity contribution >= 4 is 11.6 Å². The Hall–Kier alpha value is -1.65. The third-order valence-corrected chi connectivity index (χ3v) is 3.56. The number of methoxy groups -OCH3 is 1. The first-order valence-electron chi connectivity index (χ1n) is 6.99. The molecule has 0 saturated carbocycles. The van der Waals surface area contributed by atoms with E-state index in [0.717, 1.165) is 30.7 Å². The van der Waals surface area contributed by atoms with Gasteiger partial charge in [0.25, 0.3) is 0 Å². The van der Waals surface area contributed by atoms with Crippen molar-refractivity contribution < 1.29 is 9.84 Å². The Morgan fingerprint density at radius 1 is 1.29 bits per heavy atom. The number of hydrogen-bond acceptors (Lipinski definition) is 4. The highest BCUT2D eigenvalue weighted by atomic mass is 35.5. The molecule has 2 rings (SSSR count). The van der Waals surface area contributed by atoms with Crippen LogP contribution in [-0.4, -0.2) is 22.2 Å². The average molecular weight is 307 g/mol. The van der Waals surface area contributed by atoms with Crippen LogP contribution < -0.4 is 4.74 Å². The predicted molar refractivity (Wildman–Crippen MR) is 82.7 cm³/mol. The largest absolute Gasteiger partial charge is 0.497 e. The standard InChI is InChI=1S/C16H19ClN2O2/c1-3-4-5-12-10-18-14(16(17)19-12)15(20)11-6-8-13(21-2)9-7-11/h6-10,15,20H,3-5H2,1-2H3. The molecule has 0 amide bonds. The zero-order valence-corrected chi connectivity index (χ0v) is 13.0. The number of hydrogen-bond donors (Lipinski definition) is 1. The number of aliphatic hydroxyl groups excluding tert-OH is 1. The van der Waals surface area contributed by atoms with Gasteiger partial charge in [-0.25, -0.2) is 4.98 Å². The van der Waals surface area contributed by atoms with Gasteiger partial charge >= 0.3 is 0 Å². The van der Waals surface area contributed by atoms with Crippen LogP contribution >= 0.6 is 11.6 Å². The fourth-order valence-electron chi connectivity index (χ4n) is 2.02. The van der Waals surface area contributed by atoms with E-state index in [9.17, 15) is 5.11 Å². The summed E-state index contributed by atoms with van der Waals surface area (Å²) in [5.74, 6) is 0.734. The number of aromatic nitrogens is 2. The van der Waals surface area contributed by atoms with Crippen LogP contribution in [0.25, 0.3) is 0 Å². The number of nitrogens with zero attached hydrogens (tertiary/aromatic N) is 2. The molecule has 0 radical (unpaired) electrons. The molecule has 0 spiro atoms. The van der Waals surface area contributed by atoms with Gasteiger partial charge in [-0.05, 0) is 30.5 Å². The maximum Gasteiger partial charge on any atom is 0.153 e. The first kappa shape index (κ1) is 15.7. The van der Waals surface area contributed by atoms with Gasteiger partial charge in [-0.15, -0.1) is 0 Å². The van der Waals surface area contributed by atoms with Gasteiger partial charge in [-0.1, -0.05) is 37.1 Å². The van der Waals surface area contributed by atoms with E-state index in [1.165, 1.54) is 0 Å². The van der Waals surface area contributed by atoms with E-state index >= 15 is 0 Å². The van der Waals surface area contributed by atoms with Crippen LogP contribution in [0.2, 0.25) is 5.15 Å². The van der Waals surface area contributed by atoms with Gasteiger partial charge in [-0.3, -0.25) is 4.98 Å². The fourth-order valence-corrected chi connectivity index (χ4v) is 2.28. The molecule has 21 heavy (non-hydrogen) atoms. The minimum Gasteiger partial charge on any atom is -0.497 e. The van der Waals surface area contributed by atoms with E-state index in [4.69, 9.17) is 16.3 Å². The van der Waals surface area contributed by atoms with Gasteiger partial charge in [0.05, 0.1) is 12.8 Å². The lowest BCUT2D eigenvalue weighted by Crippen LogP contribution is -2.06. The van der Waals surface area contributed by atoms with Gasteiger partial charge < -0.3 is 9.84 Å². The lowest BCUT2D eigenvalue weighted by molar-refractivity contribution is 0.214. The van der Waals surface area contributed by atoms with Crippen LogP contribution in [0.15, 0.2) is 30.5 Å². The van der Waals surface area contributed by atoms with Crippen molar-refractivity contribution in [2.75, 3.05) is 7.11 Å². The van der Waals surface area contributed by atoms with Crippen molar-refractivity contribution in [2.45, 2.75) is 32.3 Å². The summed E-state index contributed by atoms with van der Waals surface area (Å²) in [5.41, 5.74) is 1.93. The first-order chi connectivity index (χ1) is 10.2. The number of ether oxygens (including phenoxy) is 1. The van der Waals surface area contributed by atoms with Crippen LogP contribution in [0.4, 0.5) is 0 Å². The minimum atomic E-state index is -0.892. The highest BCUT2D eigenvalue weighted by molar-refractivity contribution is 6.30. The molecule has 1 aromatic heterocycles. The summed E-state index contributed by atoms with van der Waals surface area (Å²) < 4.78 is 5.10. The average Bonchev–Trinajstić information content (AvgIpc) is 2.52. The SMILES string of the molecule is CCCCc1cnc(C(O)c2ccc(OC)cc2)c(Cl)n1. The summed E-state index contributed by atoms with van der Waals surface area (Å²) in [6.07, 6.45) is 3.78.